The zero-order valence-corrected chi connectivity index (χ0v) is 17.7. The summed E-state index contributed by atoms with van der Waals surface area (Å²) in [5.74, 6) is 2.31. The highest BCUT2D eigenvalue weighted by Gasteiger charge is 2.41. The quantitative estimate of drug-likeness (QED) is 0.445. The van der Waals surface area contributed by atoms with Crippen molar-refractivity contribution in [2.24, 2.45) is 0 Å². The molecule has 1 aliphatic rings. The summed E-state index contributed by atoms with van der Waals surface area (Å²) in [5.41, 5.74) is 2.42. The molecular weight excluding hydrogens is 354 g/mol. The van der Waals surface area contributed by atoms with Gasteiger partial charge in [0.1, 0.15) is 11.6 Å². The summed E-state index contributed by atoms with van der Waals surface area (Å²) in [7, 11) is 0. The first-order valence-corrected chi connectivity index (χ1v) is 11.4. The molecule has 3 heteroatoms. The van der Waals surface area contributed by atoms with Gasteiger partial charge < -0.3 is 4.57 Å². The monoisotopic (exact) mass is 387 g/mol. The highest BCUT2D eigenvalue weighted by Crippen LogP contribution is 2.43. The SMILES string of the molecule is CCCCCC(c1ccccc1)(c1ccccc1)c1nnc2n1CCCCCC2. The molecule has 0 unspecified atom stereocenters. The summed E-state index contributed by atoms with van der Waals surface area (Å²) < 4.78 is 2.46. The third-order valence-electron chi connectivity index (χ3n) is 6.43. The molecule has 0 atom stereocenters. The average Bonchev–Trinajstić information content (AvgIpc) is 3.14. The zero-order valence-electron chi connectivity index (χ0n) is 17.7. The van der Waals surface area contributed by atoms with Crippen molar-refractivity contribution in [3.05, 3.63) is 83.4 Å². The molecule has 152 valence electrons. The number of aryl methyl sites for hydroxylation is 1. The van der Waals surface area contributed by atoms with Gasteiger partial charge in [-0.25, -0.2) is 0 Å². The molecule has 2 heterocycles. The fraction of sp³-hybridized carbons (Fsp3) is 0.462. The second-order valence-corrected chi connectivity index (χ2v) is 8.35. The van der Waals surface area contributed by atoms with Crippen molar-refractivity contribution < 1.29 is 0 Å². The molecule has 0 aliphatic carbocycles. The van der Waals surface area contributed by atoms with E-state index in [9.17, 15) is 0 Å². The van der Waals surface area contributed by atoms with Crippen LogP contribution in [0.25, 0.3) is 0 Å². The average molecular weight is 388 g/mol. The Balaban J connectivity index is 1.92. The van der Waals surface area contributed by atoms with Gasteiger partial charge in [-0.05, 0) is 30.4 Å². The Morgan fingerprint density at radius 2 is 1.45 bits per heavy atom. The number of aromatic nitrogens is 3. The molecule has 1 aromatic heterocycles. The normalized spacial score (nSPS) is 14.8. The highest BCUT2D eigenvalue weighted by atomic mass is 15.3. The lowest BCUT2D eigenvalue weighted by Gasteiger charge is -2.35. The molecule has 29 heavy (non-hydrogen) atoms. The maximum absolute atomic E-state index is 4.90. The van der Waals surface area contributed by atoms with Gasteiger partial charge >= 0.3 is 0 Å². The molecule has 1 aliphatic heterocycles. The van der Waals surface area contributed by atoms with Gasteiger partial charge in [0.2, 0.25) is 0 Å². The molecule has 0 radical (unpaired) electrons. The molecule has 0 N–H and O–H groups in total. The number of benzene rings is 2. The topological polar surface area (TPSA) is 30.7 Å². The standard InChI is InChI=1S/C26H33N3/c1-2-3-13-20-26(22-15-8-6-9-16-22,23-17-10-7-11-18-23)25-28-27-24-19-12-4-5-14-21-29(24)25/h6-11,15-18H,2-5,12-14,19-21H2,1H3. The van der Waals surface area contributed by atoms with Gasteiger partial charge in [0, 0.05) is 13.0 Å². The van der Waals surface area contributed by atoms with E-state index >= 15 is 0 Å². The van der Waals surface area contributed by atoms with Crippen LogP contribution in [-0.4, -0.2) is 14.8 Å². The number of nitrogens with zero attached hydrogens (tertiary/aromatic N) is 3. The number of hydrogen-bond donors (Lipinski definition) is 0. The van der Waals surface area contributed by atoms with Crippen LogP contribution in [0.5, 0.6) is 0 Å². The molecule has 0 spiro atoms. The molecule has 2 aromatic carbocycles. The number of fused-ring (bicyclic) bond motifs is 1. The van der Waals surface area contributed by atoms with Gasteiger partial charge in [-0.2, -0.15) is 0 Å². The van der Waals surface area contributed by atoms with Gasteiger partial charge in [-0.15, -0.1) is 10.2 Å². The summed E-state index contributed by atoms with van der Waals surface area (Å²) in [6.07, 6.45) is 10.8. The minimum Gasteiger partial charge on any atom is -0.314 e. The minimum absolute atomic E-state index is 0.248. The van der Waals surface area contributed by atoms with Crippen LogP contribution >= 0.6 is 0 Å². The Hall–Kier alpha value is -2.42. The van der Waals surface area contributed by atoms with Crippen LogP contribution in [0.15, 0.2) is 60.7 Å². The highest BCUT2D eigenvalue weighted by molar-refractivity contribution is 5.46. The zero-order chi connectivity index (χ0) is 19.9. The van der Waals surface area contributed by atoms with Crippen molar-refractivity contribution in [3.8, 4) is 0 Å². The summed E-state index contributed by atoms with van der Waals surface area (Å²) in [6, 6.07) is 22.0. The van der Waals surface area contributed by atoms with E-state index in [-0.39, 0.29) is 5.41 Å². The van der Waals surface area contributed by atoms with Gasteiger partial charge in [0.05, 0.1) is 5.41 Å². The van der Waals surface area contributed by atoms with E-state index in [4.69, 9.17) is 10.2 Å². The van der Waals surface area contributed by atoms with Gasteiger partial charge in [0.15, 0.2) is 0 Å². The van der Waals surface area contributed by atoms with Crippen LogP contribution in [-0.2, 0) is 18.4 Å². The van der Waals surface area contributed by atoms with Crippen LogP contribution in [0.2, 0.25) is 0 Å². The lowest BCUT2D eigenvalue weighted by Crippen LogP contribution is -2.34. The van der Waals surface area contributed by atoms with E-state index in [2.05, 4.69) is 72.2 Å². The summed E-state index contributed by atoms with van der Waals surface area (Å²) in [6.45, 7) is 3.31. The molecule has 0 fully saturated rings. The number of rotatable bonds is 7. The lowest BCUT2D eigenvalue weighted by atomic mass is 9.70. The second-order valence-electron chi connectivity index (χ2n) is 8.35. The van der Waals surface area contributed by atoms with Crippen LogP contribution in [0.3, 0.4) is 0 Å². The van der Waals surface area contributed by atoms with Crippen molar-refractivity contribution in [1.82, 2.24) is 14.8 Å². The first-order chi connectivity index (χ1) is 14.4. The molecule has 0 saturated heterocycles. The Morgan fingerprint density at radius 3 is 2.10 bits per heavy atom. The number of hydrogen-bond acceptors (Lipinski definition) is 2. The van der Waals surface area contributed by atoms with Crippen LogP contribution < -0.4 is 0 Å². The van der Waals surface area contributed by atoms with Crippen LogP contribution in [0.1, 0.15) is 81.1 Å². The van der Waals surface area contributed by atoms with E-state index in [0.29, 0.717) is 0 Å². The molecule has 4 rings (SSSR count). The van der Waals surface area contributed by atoms with E-state index in [1.165, 1.54) is 61.9 Å². The van der Waals surface area contributed by atoms with Crippen molar-refractivity contribution in [2.75, 3.05) is 0 Å². The Kier molecular flexibility index (Phi) is 6.43. The predicted octanol–water partition coefficient (Wildman–Crippen LogP) is 6.31. The van der Waals surface area contributed by atoms with E-state index < -0.39 is 0 Å². The second kappa shape index (κ2) is 9.39. The van der Waals surface area contributed by atoms with Gasteiger partial charge in [0.25, 0.3) is 0 Å². The first kappa shape index (κ1) is 19.9. The summed E-state index contributed by atoms with van der Waals surface area (Å²) >= 11 is 0. The number of unbranched alkanes of at least 4 members (excludes halogenated alkanes) is 2. The molecule has 3 nitrogen and oxygen atoms in total. The Labute approximate surface area is 175 Å². The van der Waals surface area contributed by atoms with Crippen LogP contribution in [0.4, 0.5) is 0 Å². The third kappa shape index (κ3) is 4.01. The molecule has 3 aromatic rings. The fourth-order valence-corrected chi connectivity index (χ4v) is 4.89. The minimum atomic E-state index is -0.248. The largest absolute Gasteiger partial charge is 0.314 e. The fourth-order valence-electron chi connectivity index (χ4n) is 4.89. The van der Waals surface area contributed by atoms with Crippen molar-refractivity contribution in [2.45, 2.75) is 76.7 Å². The van der Waals surface area contributed by atoms with E-state index in [1.807, 2.05) is 0 Å². The maximum atomic E-state index is 4.90. The Bertz CT molecular complexity index is 843. The Morgan fingerprint density at radius 1 is 0.793 bits per heavy atom. The molecular formula is C26H33N3. The van der Waals surface area contributed by atoms with E-state index in [0.717, 1.165) is 25.2 Å². The maximum Gasteiger partial charge on any atom is 0.148 e. The summed E-state index contributed by atoms with van der Waals surface area (Å²) in [4.78, 5) is 0. The van der Waals surface area contributed by atoms with Crippen molar-refractivity contribution in [1.29, 1.82) is 0 Å². The smallest absolute Gasteiger partial charge is 0.148 e. The molecule has 0 saturated carbocycles. The summed E-state index contributed by atoms with van der Waals surface area (Å²) in [5, 5.41) is 9.61. The molecule has 0 amide bonds. The lowest BCUT2D eigenvalue weighted by molar-refractivity contribution is 0.439. The van der Waals surface area contributed by atoms with Crippen molar-refractivity contribution >= 4 is 0 Å². The third-order valence-corrected chi connectivity index (χ3v) is 6.43. The van der Waals surface area contributed by atoms with Crippen LogP contribution in [0, 0.1) is 0 Å². The van der Waals surface area contributed by atoms with Crippen molar-refractivity contribution in [3.63, 3.8) is 0 Å². The van der Waals surface area contributed by atoms with Gasteiger partial charge in [-0.1, -0.05) is 99.7 Å². The van der Waals surface area contributed by atoms with Gasteiger partial charge in [-0.3, -0.25) is 0 Å². The van der Waals surface area contributed by atoms with E-state index in [1.54, 1.807) is 0 Å². The predicted molar refractivity (Wildman–Crippen MR) is 119 cm³/mol. The molecule has 0 bridgehead atoms. The first-order valence-electron chi connectivity index (χ1n) is 11.4.